The van der Waals surface area contributed by atoms with Gasteiger partial charge >= 0.3 is 6.03 Å². The number of urea groups is 1. The Bertz CT molecular complexity index is 454. The molecule has 1 aliphatic rings. The summed E-state index contributed by atoms with van der Waals surface area (Å²) < 4.78 is 5.56. The number of benzene rings is 1. The highest BCUT2D eigenvalue weighted by atomic mass is 16.5. The van der Waals surface area contributed by atoms with Crippen LogP contribution in [0.2, 0.25) is 0 Å². The summed E-state index contributed by atoms with van der Waals surface area (Å²) in [4.78, 5) is 14.3. The minimum atomic E-state index is 0.0224. The first-order valence-electron chi connectivity index (χ1n) is 7.62. The maximum atomic E-state index is 12.4. The van der Waals surface area contributed by atoms with Crippen LogP contribution in [-0.2, 0) is 11.2 Å². The van der Waals surface area contributed by atoms with Gasteiger partial charge in [0.05, 0.1) is 19.3 Å². The monoisotopic (exact) mass is 290 g/mol. The zero-order valence-electron chi connectivity index (χ0n) is 13.3. The SMILES string of the molecule is CC(C)(C)CNC(=O)N1CCOCC1Cc1ccccc1. The van der Waals surface area contributed by atoms with E-state index in [1.807, 2.05) is 23.1 Å². The summed E-state index contributed by atoms with van der Waals surface area (Å²) in [5.41, 5.74) is 1.33. The fourth-order valence-corrected chi connectivity index (χ4v) is 2.42. The number of carbonyl (C=O) groups is 1. The van der Waals surface area contributed by atoms with Crippen molar-refractivity contribution < 1.29 is 9.53 Å². The van der Waals surface area contributed by atoms with Crippen molar-refractivity contribution in [3.05, 3.63) is 35.9 Å². The van der Waals surface area contributed by atoms with E-state index >= 15 is 0 Å². The highest BCUT2D eigenvalue weighted by Gasteiger charge is 2.28. The van der Waals surface area contributed by atoms with Crippen LogP contribution < -0.4 is 5.32 Å². The number of nitrogens with zero attached hydrogens (tertiary/aromatic N) is 1. The van der Waals surface area contributed by atoms with Gasteiger partial charge in [-0.15, -0.1) is 0 Å². The number of nitrogens with one attached hydrogen (secondary N) is 1. The molecular formula is C17H26N2O2. The highest BCUT2D eigenvalue weighted by molar-refractivity contribution is 5.74. The lowest BCUT2D eigenvalue weighted by Crippen LogP contribution is -2.54. The van der Waals surface area contributed by atoms with Crippen molar-refractivity contribution in [3.63, 3.8) is 0 Å². The average Bonchev–Trinajstić information content (AvgIpc) is 2.46. The Hall–Kier alpha value is -1.55. The molecule has 1 aromatic carbocycles. The predicted molar refractivity (Wildman–Crippen MR) is 84.3 cm³/mol. The van der Waals surface area contributed by atoms with E-state index in [9.17, 15) is 4.79 Å². The maximum absolute atomic E-state index is 12.4. The summed E-state index contributed by atoms with van der Waals surface area (Å²) in [6.07, 6.45) is 0.837. The maximum Gasteiger partial charge on any atom is 0.317 e. The number of hydrogen-bond donors (Lipinski definition) is 1. The molecule has 1 saturated heterocycles. The van der Waals surface area contributed by atoms with Crippen molar-refractivity contribution >= 4 is 6.03 Å². The fraction of sp³-hybridized carbons (Fsp3) is 0.588. The van der Waals surface area contributed by atoms with Crippen LogP contribution in [0.5, 0.6) is 0 Å². The molecule has 4 nitrogen and oxygen atoms in total. The van der Waals surface area contributed by atoms with Gasteiger partial charge in [-0.25, -0.2) is 4.79 Å². The molecule has 0 aliphatic carbocycles. The van der Waals surface area contributed by atoms with Gasteiger partial charge in [0.15, 0.2) is 0 Å². The van der Waals surface area contributed by atoms with E-state index in [4.69, 9.17) is 4.74 Å². The number of morpholine rings is 1. The topological polar surface area (TPSA) is 41.6 Å². The Balaban J connectivity index is 1.96. The van der Waals surface area contributed by atoms with Crippen molar-refractivity contribution in [2.24, 2.45) is 5.41 Å². The number of ether oxygens (including phenoxy) is 1. The summed E-state index contributed by atoms with van der Waals surface area (Å²) in [6.45, 7) is 8.93. The zero-order valence-corrected chi connectivity index (χ0v) is 13.3. The number of rotatable bonds is 3. The summed E-state index contributed by atoms with van der Waals surface area (Å²) in [6, 6.07) is 10.4. The van der Waals surface area contributed by atoms with Gasteiger partial charge in [-0.1, -0.05) is 51.1 Å². The molecule has 0 radical (unpaired) electrons. The van der Waals surface area contributed by atoms with Crippen LogP contribution in [0.15, 0.2) is 30.3 Å². The summed E-state index contributed by atoms with van der Waals surface area (Å²) in [7, 11) is 0. The molecule has 2 amide bonds. The minimum Gasteiger partial charge on any atom is -0.377 e. The van der Waals surface area contributed by atoms with Gasteiger partial charge in [0, 0.05) is 13.1 Å². The average molecular weight is 290 g/mol. The van der Waals surface area contributed by atoms with E-state index in [0.717, 1.165) is 6.42 Å². The standard InChI is InChI=1S/C17H26N2O2/c1-17(2,3)13-18-16(20)19-9-10-21-12-15(19)11-14-7-5-4-6-8-14/h4-8,15H,9-13H2,1-3H3,(H,18,20). The first-order chi connectivity index (χ1) is 9.96. The van der Waals surface area contributed by atoms with E-state index in [1.165, 1.54) is 5.56 Å². The van der Waals surface area contributed by atoms with Crippen LogP contribution in [0.1, 0.15) is 26.3 Å². The van der Waals surface area contributed by atoms with Gasteiger partial charge < -0.3 is 15.0 Å². The van der Waals surface area contributed by atoms with Gasteiger partial charge in [0.1, 0.15) is 0 Å². The lowest BCUT2D eigenvalue weighted by Gasteiger charge is -2.36. The molecule has 1 N–H and O–H groups in total. The molecule has 0 saturated carbocycles. The predicted octanol–water partition coefficient (Wildman–Crippen LogP) is 2.69. The summed E-state index contributed by atoms with van der Waals surface area (Å²) >= 11 is 0. The van der Waals surface area contributed by atoms with Gasteiger partial charge in [0.2, 0.25) is 0 Å². The van der Waals surface area contributed by atoms with Crippen molar-refractivity contribution in [1.82, 2.24) is 10.2 Å². The van der Waals surface area contributed by atoms with Crippen molar-refractivity contribution in [1.29, 1.82) is 0 Å². The Kier molecular flexibility index (Phi) is 5.23. The third-order valence-corrected chi connectivity index (χ3v) is 3.57. The smallest absolute Gasteiger partial charge is 0.317 e. The van der Waals surface area contributed by atoms with Crippen LogP contribution in [0.3, 0.4) is 0 Å². The van der Waals surface area contributed by atoms with Crippen LogP contribution in [-0.4, -0.2) is 43.3 Å². The molecule has 4 heteroatoms. The number of amides is 2. The van der Waals surface area contributed by atoms with E-state index < -0.39 is 0 Å². The van der Waals surface area contributed by atoms with Crippen LogP contribution in [0.25, 0.3) is 0 Å². The Morgan fingerprint density at radius 2 is 2.05 bits per heavy atom. The molecule has 0 aromatic heterocycles. The minimum absolute atomic E-state index is 0.0224. The number of hydrogen-bond acceptors (Lipinski definition) is 2. The van der Waals surface area contributed by atoms with Crippen LogP contribution >= 0.6 is 0 Å². The first kappa shape index (κ1) is 15.8. The molecule has 116 valence electrons. The van der Waals surface area contributed by atoms with Crippen molar-refractivity contribution in [3.8, 4) is 0 Å². The number of carbonyl (C=O) groups excluding carboxylic acids is 1. The van der Waals surface area contributed by atoms with Gasteiger partial charge in [-0.3, -0.25) is 0 Å². The van der Waals surface area contributed by atoms with Gasteiger partial charge in [-0.05, 0) is 17.4 Å². The Labute approximate surface area is 127 Å². The van der Waals surface area contributed by atoms with Crippen LogP contribution in [0.4, 0.5) is 4.79 Å². The van der Waals surface area contributed by atoms with E-state index in [1.54, 1.807) is 0 Å². The third kappa shape index (κ3) is 5.05. The molecule has 1 aromatic rings. The third-order valence-electron chi connectivity index (χ3n) is 3.57. The second kappa shape index (κ2) is 6.94. The summed E-state index contributed by atoms with van der Waals surface area (Å²) in [5.74, 6) is 0. The summed E-state index contributed by atoms with van der Waals surface area (Å²) in [5, 5.41) is 3.04. The zero-order chi connectivity index (χ0) is 15.3. The molecule has 1 heterocycles. The highest BCUT2D eigenvalue weighted by Crippen LogP contribution is 2.15. The van der Waals surface area contributed by atoms with Crippen LogP contribution in [0, 0.1) is 5.41 Å². The van der Waals surface area contributed by atoms with E-state index in [0.29, 0.717) is 26.3 Å². The normalized spacial score (nSPS) is 19.4. The lowest BCUT2D eigenvalue weighted by atomic mass is 9.97. The second-order valence-corrected chi connectivity index (χ2v) is 6.83. The van der Waals surface area contributed by atoms with Crippen molar-refractivity contribution in [2.45, 2.75) is 33.2 Å². The molecular weight excluding hydrogens is 264 g/mol. The lowest BCUT2D eigenvalue weighted by molar-refractivity contribution is 0.0123. The Morgan fingerprint density at radius 3 is 2.71 bits per heavy atom. The van der Waals surface area contributed by atoms with E-state index in [-0.39, 0.29) is 17.5 Å². The fourth-order valence-electron chi connectivity index (χ4n) is 2.42. The molecule has 1 fully saturated rings. The molecule has 0 spiro atoms. The van der Waals surface area contributed by atoms with Gasteiger partial charge in [0.25, 0.3) is 0 Å². The van der Waals surface area contributed by atoms with Gasteiger partial charge in [-0.2, -0.15) is 0 Å². The quantitative estimate of drug-likeness (QED) is 0.930. The Morgan fingerprint density at radius 1 is 1.33 bits per heavy atom. The molecule has 1 atom stereocenters. The molecule has 2 rings (SSSR count). The molecule has 0 bridgehead atoms. The molecule has 1 unspecified atom stereocenters. The first-order valence-corrected chi connectivity index (χ1v) is 7.62. The van der Waals surface area contributed by atoms with E-state index in [2.05, 4.69) is 38.2 Å². The largest absolute Gasteiger partial charge is 0.377 e. The molecule has 1 aliphatic heterocycles. The molecule has 21 heavy (non-hydrogen) atoms. The van der Waals surface area contributed by atoms with Crippen molar-refractivity contribution in [2.75, 3.05) is 26.3 Å². The second-order valence-electron chi connectivity index (χ2n) is 6.83.